The van der Waals surface area contributed by atoms with E-state index in [1.165, 1.54) is 12.8 Å². The zero-order valence-corrected chi connectivity index (χ0v) is 11.4. The van der Waals surface area contributed by atoms with E-state index in [2.05, 4.69) is 11.9 Å². The van der Waals surface area contributed by atoms with E-state index in [1.54, 1.807) is 6.07 Å². The van der Waals surface area contributed by atoms with Crippen LogP contribution in [0.15, 0.2) is 29.7 Å². The maximum atomic E-state index is 11.9. The molecule has 0 amide bonds. The predicted octanol–water partition coefficient (Wildman–Crippen LogP) is 1.87. The van der Waals surface area contributed by atoms with Gasteiger partial charge in [0.15, 0.2) is 0 Å². The molecule has 0 aromatic carbocycles. The van der Waals surface area contributed by atoms with Crippen molar-refractivity contribution in [1.29, 1.82) is 0 Å². The average Bonchev–Trinajstić information content (AvgIpc) is 2.93. The molecule has 1 saturated carbocycles. The third-order valence-electron chi connectivity index (χ3n) is 3.72. The van der Waals surface area contributed by atoms with Gasteiger partial charge in [0.2, 0.25) is 0 Å². The molecule has 1 aromatic rings. The van der Waals surface area contributed by atoms with Gasteiger partial charge >= 0.3 is 0 Å². The zero-order valence-electron chi connectivity index (χ0n) is 11.4. The first-order valence-corrected chi connectivity index (χ1v) is 7.08. The maximum Gasteiger partial charge on any atom is 0.250 e. The molecule has 2 rings (SSSR count). The standard InChI is InChI=1S/C15H23N3O/c1-12(17-10-4-9-16)13-7-8-15(19)18(11-13)14-5-2-3-6-14/h7-8,11,14,17H,1-6,9-10,16H2. The fraction of sp³-hybridized carbons (Fsp3) is 0.533. The molecule has 1 fully saturated rings. The van der Waals surface area contributed by atoms with Crippen molar-refractivity contribution >= 4 is 5.70 Å². The highest BCUT2D eigenvalue weighted by molar-refractivity contribution is 5.60. The fourth-order valence-electron chi connectivity index (χ4n) is 2.59. The Morgan fingerprint density at radius 1 is 1.42 bits per heavy atom. The van der Waals surface area contributed by atoms with Crippen LogP contribution in [0.3, 0.4) is 0 Å². The number of hydrogen-bond acceptors (Lipinski definition) is 3. The van der Waals surface area contributed by atoms with Gasteiger partial charge in [-0.2, -0.15) is 0 Å². The molecule has 104 valence electrons. The Bertz CT molecular complexity index is 486. The van der Waals surface area contributed by atoms with Gasteiger partial charge < -0.3 is 15.6 Å². The summed E-state index contributed by atoms with van der Waals surface area (Å²) < 4.78 is 1.87. The number of aromatic nitrogens is 1. The van der Waals surface area contributed by atoms with Gasteiger partial charge in [0.25, 0.3) is 5.56 Å². The SMILES string of the molecule is C=C(NCCCN)c1ccc(=O)n(C2CCCC2)c1. The number of nitrogens with zero attached hydrogens (tertiary/aromatic N) is 1. The molecule has 1 heterocycles. The maximum absolute atomic E-state index is 11.9. The number of rotatable bonds is 6. The summed E-state index contributed by atoms with van der Waals surface area (Å²) in [6.45, 7) is 5.51. The Balaban J connectivity index is 2.11. The van der Waals surface area contributed by atoms with Crippen LogP contribution >= 0.6 is 0 Å². The van der Waals surface area contributed by atoms with E-state index in [0.29, 0.717) is 12.6 Å². The number of nitrogens with one attached hydrogen (secondary N) is 1. The molecule has 0 unspecified atom stereocenters. The smallest absolute Gasteiger partial charge is 0.250 e. The van der Waals surface area contributed by atoms with Crippen molar-refractivity contribution in [2.45, 2.75) is 38.1 Å². The first kappa shape index (κ1) is 13.9. The van der Waals surface area contributed by atoms with E-state index in [0.717, 1.165) is 37.1 Å². The molecular weight excluding hydrogens is 238 g/mol. The van der Waals surface area contributed by atoms with Gasteiger partial charge in [0.1, 0.15) is 0 Å². The summed E-state index contributed by atoms with van der Waals surface area (Å²) >= 11 is 0. The summed E-state index contributed by atoms with van der Waals surface area (Å²) in [6, 6.07) is 3.85. The minimum absolute atomic E-state index is 0.0883. The van der Waals surface area contributed by atoms with Crippen molar-refractivity contribution in [2.24, 2.45) is 5.73 Å². The largest absolute Gasteiger partial charge is 0.385 e. The molecule has 19 heavy (non-hydrogen) atoms. The first-order chi connectivity index (χ1) is 9.22. The lowest BCUT2D eigenvalue weighted by molar-refractivity contribution is 0.501. The highest BCUT2D eigenvalue weighted by atomic mass is 16.1. The Hall–Kier alpha value is -1.55. The summed E-state index contributed by atoms with van der Waals surface area (Å²) in [6.07, 6.45) is 7.51. The molecule has 1 aliphatic carbocycles. The normalized spacial score (nSPS) is 15.6. The van der Waals surface area contributed by atoms with E-state index < -0.39 is 0 Å². The highest BCUT2D eigenvalue weighted by Crippen LogP contribution is 2.28. The Labute approximate surface area is 114 Å². The lowest BCUT2D eigenvalue weighted by Gasteiger charge is -2.16. The van der Waals surface area contributed by atoms with Crippen molar-refractivity contribution in [3.8, 4) is 0 Å². The summed E-state index contributed by atoms with van der Waals surface area (Å²) in [4.78, 5) is 11.9. The average molecular weight is 261 g/mol. The van der Waals surface area contributed by atoms with Crippen molar-refractivity contribution in [3.05, 3.63) is 40.8 Å². The number of nitrogens with two attached hydrogens (primary N) is 1. The number of pyridine rings is 1. The minimum atomic E-state index is 0.0883. The second-order valence-corrected chi connectivity index (χ2v) is 5.15. The Kier molecular flexibility index (Phi) is 4.80. The van der Waals surface area contributed by atoms with Crippen molar-refractivity contribution < 1.29 is 0 Å². The van der Waals surface area contributed by atoms with E-state index >= 15 is 0 Å². The molecule has 0 atom stereocenters. The molecule has 4 nitrogen and oxygen atoms in total. The molecule has 4 heteroatoms. The van der Waals surface area contributed by atoms with Crippen molar-refractivity contribution in [1.82, 2.24) is 9.88 Å². The zero-order chi connectivity index (χ0) is 13.7. The van der Waals surface area contributed by atoms with Crippen LogP contribution in [0, 0.1) is 0 Å². The summed E-state index contributed by atoms with van der Waals surface area (Å²) in [5.74, 6) is 0. The van der Waals surface area contributed by atoms with E-state index in [9.17, 15) is 4.79 Å². The molecule has 1 aliphatic rings. The molecule has 0 radical (unpaired) electrons. The predicted molar refractivity (Wildman–Crippen MR) is 78.9 cm³/mol. The van der Waals surface area contributed by atoms with Gasteiger partial charge in [-0.3, -0.25) is 4.79 Å². The lowest BCUT2D eigenvalue weighted by Crippen LogP contribution is -2.24. The monoisotopic (exact) mass is 261 g/mol. The highest BCUT2D eigenvalue weighted by Gasteiger charge is 2.18. The lowest BCUT2D eigenvalue weighted by atomic mass is 10.2. The van der Waals surface area contributed by atoms with Gasteiger partial charge in [-0.05, 0) is 31.9 Å². The van der Waals surface area contributed by atoms with Gasteiger partial charge in [-0.15, -0.1) is 0 Å². The van der Waals surface area contributed by atoms with Crippen molar-refractivity contribution in [2.75, 3.05) is 13.1 Å². The van der Waals surface area contributed by atoms with Gasteiger partial charge in [0.05, 0.1) is 0 Å². The van der Waals surface area contributed by atoms with Crippen LogP contribution in [0.25, 0.3) is 5.70 Å². The van der Waals surface area contributed by atoms with E-state index in [4.69, 9.17) is 5.73 Å². The van der Waals surface area contributed by atoms with Crippen LogP contribution in [0.2, 0.25) is 0 Å². The van der Waals surface area contributed by atoms with Gasteiger partial charge in [-0.25, -0.2) is 0 Å². The molecule has 0 bridgehead atoms. The molecule has 0 saturated heterocycles. The second-order valence-electron chi connectivity index (χ2n) is 5.15. The molecule has 0 spiro atoms. The van der Waals surface area contributed by atoms with Crippen LogP contribution in [0.4, 0.5) is 0 Å². The summed E-state index contributed by atoms with van der Waals surface area (Å²) in [7, 11) is 0. The Morgan fingerprint density at radius 3 is 2.84 bits per heavy atom. The minimum Gasteiger partial charge on any atom is -0.385 e. The summed E-state index contributed by atoms with van der Waals surface area (Å²) in [5, 5.41) is 3.25. The van der Waals surface area contributed by atoms with Crippen molar-refractivity contribution in [3.63, 3.8) is 0 Å². The Morgan fingerprint density at radius 2 is 2.16 bits per heavy atom. The van der Waals surface area contributed by atoms with E-state index in [1.807, 2.05) is 16.8 Å². The molecule has 3 N–H and O–H groups in total. The van der Waals surface area contributed by atoms with Crippen LogP contribution in [0.5, 0.6) is 0 Å². The van der Waals surface area contributed by atoms with Crippen LogP contribution < -0.4 is 16.6 Å². The van der Waals surface area contributed by atoms with Gasteiger partial charge in [-0.1, -0.05) is 19.4 Å². The topological polar surface area (TPSA) is 60.0 Å². The first-order valence-electron chi connectivity index (χ1n) is 7.08. The third-order valence-corrected chi connectivity index (χ3v) is 3.72. The second kappa shape index (κ2) is 6.57. The van der Waals surface area contributed by atoms with Crippen LogP contribution in [-0.4, -0.2) is 17.7 Å². The third kappa shape index (κ3) is 3.47. The molecule has 1 aromatic heterocycles. The van der Waals surface area contributed by atoms with Crippen LogP contribution in [-0.2, 0) is 0 Å². The van der Waals surface area contributed by atoms with Crippen LogP contribution in [0.1, 0.15) is 43.7 Å². The van der Waals surface area contributed by atoms with E-state index in [-0.39, 0.29) is 5.56 Å². The number of hydrogen-bond donors (Lipinski definition) is 2. The fourth-order valence-corrected chi connectivity index (χ4v) is 2.59. The quantitative estimate of drug-likeness (QED) is 0.769. The molecule has 0 aliphatic heterocycles. The van der Waals surface area contributed by atoms with Gasteiger partial charge in [0, 0.05) is 36.1 Å². The summed E-state index contributed by atoms with van der Waals surface area (Å²) in [5.41, 5.74) is 7.40. The molecular formula is C15H23N3O.